The zero-order valence-electron chi connectivity index (χ0n) is 17.0. The molecule has 0 saturated heterocycles. The Morgan fingerprint density at radius 1 is 1.20 bits per heavy atom. The number of hydrogen-bond donors (Lipinski definition) is 1. The number of carbonyl (C=O) groups is 1. The highest BCUT2D eigenvalue weighted by Gasteiger charge is 2.15. The first kappa shape index (κ1) is 20.0. The minimum Gasteiger partial charge on any atom is -0.352 e. The molecule has 7 nitrogen and oxygen atoms in total. The summed E-state index contributed by atoms with van der Waals surface area (Å²) in [6.07, 6.45) is 4.60. The molecule has 0 fully saturated rings. The summed E-state index contributed by atoms with van der Waals surface area (Å²) in [6.45, 7) is 5.14. The fourth-order valence-electron chi connectivity index (χ4n) is 3.39. The molecular formula is C22H23N5O2S. The summed E-state index contributed by atoms with van der Waals surface area (Å²) in [6, 6.07) is 12.1. The molecule has 0 bridgehead atoms. The maximum absolute atomic E-state index is 12.8. The summed E-state index contributed by atoms with van der Waals surface area (Å²) in [5.41, 5.74) is 2.95. The zero-order valence-corrected chi connectivity index (χ0v) is 17.8. The number of benzene rings is 1. The summed E-state index contributed by atoms with van der Waals surface area (Å²) in [5, 5.41) is 7.23. The van der Waals surface area contributed by atoms with Gasteiger partial charge < -0.3 is 5.32 Å². The molecule has 154 valence electrons. The lowest BCUT2D eigenvalue weighted by molar-refractivity contribution is 0.0950. The van der Waals surface area contributed by atoms with Crippen LogP contribution >= 0.6 is 11.3 Å². The molecule has 1 amide bonds. The molecule has 8 heteroatoms. The molecule has 4 aromatic rings. The minimum absolute atomic E-state index is 0.0580. The SMILES string of the molecule is Cc1cc(C)n(CCCNC(=O)c2cnc3sc(Cc4ccccc4)cn3c2=O)n1. The first-order valence-electron chi connectivity index (χ1n) is 9.84. The Balaban J connectivity index is 1.42. The van der Waals surface area contributed by atoms with Gasteiger partial charge in [0.2, 0.25) is 0 Å². The van der Waals surface area contributed by atoms with Crippen molar-refractivity contribution in [2.45, 2.75) is 33.2 Å². The third-order valence-electron chi connectivity index (χ3n) is 4.86. The highest BCUT2D eigenvalue weighted by molar-refractivity contribution is 7.17. The lowest BCUT2D eigenvalue weighted by Crippen LogP contribution is -2.32. The predicted octanol–water partition coefficient (Wildman–Crippen LogP) is 2.98. The van der Waals surface area contributed by atoms with E-state index in [-0.39, 0.29) is 11.1 Å². The summed E-state index contributed by atoms with van der Waals surface area (Å²) in [7, 11) is 0. The van der Waals surface area contributed by atoms with E-state index in [1.807, 2.05) is 54.9 Å². The molecule has 0 aliphatic carbocycles. The van der Waals surface area contributed by atoms with E-state index >= 15 is 0 Å². The van der Waals surface area contributed by atoms with Gasteiger partial charge in [0.15, 0.2) is 4.96 Å². The fraction of sp³-hybridized carbons (Fsp3) is 0.273. The van der Waals surface area contributed by atoms with E-state index in [0.29, 0.717) is 18.1 Å². The molecular weight excluding hydrogens is 398 g/mol. The largest absolute Gasteiger partial charge is 0.352 e. The van der Waals surface area contributed by atoms with E-state index in [4.69, 9.17) is 0 Å². The lowest BCUT2D eigenvalue weighted by Gasteiger charge is -2.06. The quantitative estimate of drug-likeness (QED) is 0.465. The molecule has 0 atom stereocenters. The van der Waals surface area contributed by atoms with Crippen LogP contribution in [-0.2, 0) is 13.0 Å². The second-order valence-corrected chi connectivity index (χ2v) is 8.34. The van der Waals surface area contributed by atoms with Crippen molar-refractivity contribution >= 4 is 22.2 Å². The first-order chi connectivity index (χ1) is 14.5. The van der Waals surface area contributed by atoms with Crippen molar-refractivity contribution in [3.05, 3.63) is 86.5 Å². The monoisotopic (exact) mass is 421 g/mol. The normalized spacial score (nSPS) is 11.1. The van der Waals surface area contributed by atoms with Crippen LogP contribution in [0.4, 0.5) is 0 Å². The standard InChI is InChI=1S/C22H23N5O2S/c1-15-11-16(2)27(25-15)10-6-9-23-20(28)19-13-24-22-26(21(19)29)14-18(30-22)12-17-7-4-3-5-8-17/h3-5,7-8,11,13-14H,6,9-10,12H2,1-2H3,(H,23,28). The van der Waals surface area contributed by atoms with Gasteiger partial charge in [0.25, 0.3) is 11.5 Å². The summed E-state index contributed by atoms with van der Waals surface area (Å²) >= 11 is 1.46. The smallest absolute Gasteiger partial charge is 0.271 e. The van der Waals surface area contributed by atoms with Gasteiger partial charge in [-0.25, -0.2) is 4.98 Å². The maximum atomic E-state index is 12.8. The molecule has 3 heterocycles. The average molecular weight is 422 g/mol. The molecule has 0 unspecified atom stereocenters. The molecule has 4 rings (SSSR count). The second-order valence-electron chi connectivity index (χ2n) is 7.25. The number of fused-ring (bicyclic) bond motifs is 1. The number of hydrogen-bond acceptors (Lipinski definition) is 5. The zero-order chi connectivity index (χ0) is 21.1. The first-order valence-corrected chi connectivity index (χ1v) is 10.7. The van der Waals surface area contributed by atoms with Gasteiger partial charge in [-0.15, -0.1) is 11.3 Å². The molecule has 3 aromatic heterocycles. The summed E-state index contributed by atoms with van der Waals surface area (Å²) in [5.74, 6) is -0.397. The van der Waals surface area contributed by atoms with Gasteiger partial charge in [0.05, 0.1) is 5.69 Å². The number of aryl methyl sites for hydroxylation is 3. The number of aromatic nitrogens is 4. The Hall–Kier alpha value is -3.26. The Morgan fingerprint density at radius 2 is 2.00 bits per heavy atom. The van der Waals surface area contributed by atoms with Gasteiger partial charge >= 0.3 is 0 Å². The van der Waals surface area contributed by atoms with Gasteiger partial charge in [-0.05, 0) is 31.9 Å². The lowest BCUT2D eigenvalue weighted by atomic mass is 10.1. The summed E-state index contributed by atoms with van der Waals surface area (Å²) in [4.78, 5) is 31.2. The van der Waals surface area contributed by atoms with Crippen LogP contribution in [-0.4, -0.2) is 31.6 Å². The van der Waals surface area contributed by atoms with Crippen LogP contribution in [0.3, 0.4) is 0 Å². The highest BCUT2D eigenvalue weighted by Crippen LogP contribution is 2.18. The Bertz CT molecular complexity index is 1240. The van der Waals surface area contributed by atoms with Gasteiger partial charge in [0.1, 0.15) is 5.56 Å². The van der Waals surface area contributed by atoms with Crippen LogP contribution in [0, 0.1) is 13.8 Å². The van der Waals surface area contributed by atoms with E-state index < -0.39 is 5.91 Å². The molecule has 0 aliphatic heterocycles. The molecule has 0 radical (unpaired) electrons. The van der Waals surface area contributed by atoms with Crippen molar-refractivity contribution < 1.29 is 4.79 Å². The number of thiazole rings is 1. The molecule has 0 spiro atoms. The predicted molar refractivity (Wildman–Crippen MR) is 117 cm³/mol. The maximum Gasteiger partial charge on any atom is 0.271 e. The number of rotatable bonds is 7. The van der Waals surface area contributed by atoms with Crippen molar-refractivity contribution in [1.82, 2.24) is 24.5 Å². The Labute approximate surface area is 178 Å². The van der Waals surface area contributed by atoms with Crippen molar-refractivity contribution in [3.8, 4) is 0 Å². The molecule has 0 saturated carbocycles. The number of amides is 1. The van der Waals surface area contributed by atoms with E-state index in [9.17, 15) is 9.59 Å². The van der Waals surface area contributed by atoms with Gasteiger partial charge in [-0.2, -0.15) is 5.10 Å². The van der Waals surface area contributed by atoms with Crippen LogP contribution in [0.2, 0.25) is 0 Å². The Morgan fingerprint density at radius 3 is 2.73 bits per heavy atom. The van der Waals surface area contributed by atoms with Gasteiger partial charge in [0, 0.05) is 42.5 Å². The third kappa shape index (κ3) is 4.33. The van der Waals surface area contributed by atoms with Crippen LogP contribution in [0.25, 0.3) is 4.96 Å². The van der Waals surface area contributed by atoms with E-state index in [2.05, 4.69) is 15.4 Å². The van der Waals surface area contributed by atoms with E-state index in [1.165, 1.54) is 21.9 Å². The Kier molecular flexibility index (Phi) is 5.76. The van der Waals surface area contributed by atoms with Crippen molar-refractivity contribution in [2.24, 2.45) is 0 Å². The topological polar surface area (TPSA) is 81.3 Å². The average Bonchev–Trinajstić information content (AvgIpc) is 3.28. The summed E-state index contributed by atoms with van der Waals surface area (Å²) < 4.78 is 3.39. The highest BCUT2D eigenvalue weighted by atomic mass is 32.1. The van der Waals surface area contributed by atoms with Crippen molar-refractivity contribution in [2.75, 3.05) is 6.54 Å². The van der Waals surface area contributed by atoms with E-state index in [1.54, 1.807) is 6.20 Å². The fourth-order valence-corrected chi connectivity index (χ4v) is 4.36. The van der Waals surface area contributed by atoms with Crippen LogP contribution in [0.1, 0.15) is 38.6 Å². The number of nitrogens with zero attached hydrogens (tertiary/aromatic N) is 4. The third-order valence-corrected chi connectivity index (χ3v) is 5.85. The molecule has 1 N–H and O–H groups in total. The minimum atomic E-state index is -0.397. The van der Waals surface area contributed by atoms with Gasteiger partial charge in [-0.1, -0.05) is 30.3 Å². The van der Waals surface area contributed by atoms with Crippen LogP contribution in [0.5, 0.6) is 0 Å². The number of carbonyl (C=O) groups excluding carboxylic acids is 1. The van der Waals surface area contributed by atoms with E-state index in [0.717, 1.165) is 34.7 Å². The molecule has 0 aliphatic rings. The van der Waals surface area contributed by atoms with Gasteiger partial charge in [-0.3, -0.25) is 18.7 Å². The second kappa shape index (κ2) is 8.62. The van der Waals surface area contributed by atoms with Crippen molar-refractivity contribution in [3.63, 3.8) is 0 Å². The van der Waals surface area contributed by atoms with Crippen LogP contribution in [0.15, 0.2) is 53.6 Å². The molecule has 1 aromatic carbocycles. The molecule has 30 heavy (non-hydrogen) atoms. The number of nitrogens with one attached hydrogen (secondary N) is 1. The van der Waals surface area contributed by atoms with Crippen LogP contribution < -0.4 is 10.9 Å². The van der Waals surface area contributed by atoms with Crippen molar-refractivity contribution in [1.29, 1.82) is 0 Å².